The molecule has 7 heteroatoms. The quantitative estimate of drug-likeness (QED) is 0.937. The summed E-state index contributed by atoms with van der Waals surface area (Å²) in [5.74, 6) is 0. The Morgan fingerprint density at radius 3 is 2.70 bits per heavy atom. The minimum atomic E-state index is -4.40. The van der Waals surface area contributed by atoms with Gasteiger partial charge in [0.05, 0.1) is 11.1 Å². The average molecular weight is 282 g/mol. The van der Waals surface area contributed by atoms with Crippen molar-refractivity contribution < 1.29 is 13.2 Å². The van der Waals surface area contributed by atoms with Crippen LogP contribution in [0.5, 0.6) is 0 Å². The summed E-state index contributed by atoms with van der Waals surface area (Å²) in [6, 6.07) is 3.16. The fourth-order valence-electron chi connectivity index (χ4n) is 2.21. The number of pyridine rings is 1. The molecule has 1 saturated carbocycles. The molecule has 1 fully saturated rings. The van der Waals surface area contributed by atoms with Crippen molar-refractivity contribution >= 4 is 5.69 Å². The molecule has 106 valence electrons. The number of hydrogen-bond acceptors (Lipinski definition) is 3. The number of alkyl halides is 3. The van der Waals surface area contributed by atoms with E-state index in [1.165, 1.54) is 12.3 Å². The van der Waals surface area contributed by atoms with E-state index in [0.29, 0.717) is 6.54 Å². The van der Waals surface area contributed by atoms with Gasteiger partial charge in [0.25, 0.3) is 0 Å². The van der Waals surface area contributed by atoms with E-state index in [-0.39, 0.29) is 11.2 Å². The van der Waals surface area contributed by atoms with E-state index in [1.54, 1.807) is 6.20 Å². The van der Waals surface area contributed by atoms with Crippen LogP contribution in [0.1, 0.15) is 18.4 Å². The van der Waals surface area contributed by atoms with Crippen molar-refractivity contribution in [1.29, 1.82) is 0 Å². The van der Waals surface area contributed by atoms with Gasteiger partial charge >= 0.3 is 6.18 Å². The molecule has 0 saturated heterocycles. The molecule has 2 aromatic heterocycles. The highest BCUT2D eigenvalue weighted by atomic mass is 19.4. The van der Waals surface area contributed by atoms with Crippen LogP contribution in [0.2, 0.25) is 0 Å². The highest BCUT2D eigenvalue weighted by Gasteiger charge is 2.45. The Hall–Kier alpha value is -2.05. The van der Waals surface area contributed by atoms with Gasteiger partial charge in [-0.2, -0.15) is 18.3 Å². The van der Waals surface area contributed by atoms with Gasteiger partial charge in [-0.25, -0.2) is 0 Å². The van der Waals surface area contributed by atoms with Crippen LogP contribution in [0.25, 0.3) is 0 Å². The SMILES string of the molecule is FC(F)(F)c1cnccc1NCC1(n2cccn2)CC1. The van der Waals surface area contributed by atoms with E-state index in [1.807, 2.05) is 16.9 Å². The number of nitrogens with zero attached hydrogens (tertiary/aromatic N) is 3. The molecule has 2 heterocycles. The third-order valence-electron chi connectivity index (χ3n) is 3.55. The minimum absolute atomic E-state index is 0.0610. The summed E-state index contributed by atoms with van der Waals surface area (Å²) in [4.78, 5) is 3.54. The van der Waals surface area contributed by atoms with Crippen LogP contribution in [0.4, 0.5) is 18.9 Å². The van der Waals surface area contributed by atoms with Crippen LogP contribution in [0.15, 0.2) is 36.9 Å². The Balaban J connectivity index is 1.77. The van der Waals surface area contributed by atoms with Gasteiger partial charge in [-0.15, -0.1) is 0 Å². The van der Waals surface area contributed by atoms with Gasteiger partial charge in [-0.05, 0) is 25.0 Å². The summed E-state index contributed by atoms with van der Waals surface area (Å²) < 4.78 is 40.4. The summed E-state index contributed by atoms with van der Waals surface area (Å²) >= 11 is 0. The van der Waals surface area contributed by atoms with Crippen molar-refractivity contribution in [3.63, 3.8) is 0 Å². The second kappa shape index (κ2) is 4.50. The van der Waals surface area contributed by atoms with E-state index in [9.17, 15) is 13.2 Å². The van der Waals surface area contributed by atoms with Gasteiger partial charge in [-0.3, -0.25) is 9.67 Å². The molecule has 20 heavy (non-hydrogen) atoms. The summed E-state index contributed by atoms with van der Waals surface area (Å²) in [7, 11) is 0. The van der Waals surface area contributed by atoms with Crippen LogP contribution in [0.3, 0.4) is 0 Å². The van der Waals surface area contributed by atoms with E-state index >= 15 is 0 Å². The summed E-state index contributed by atoms with van der Waals surface area (Å²) in [5, 5.41) is 7.07. The number of aromatic nitrogens is 3. The Bertz CT molecular complexity index is 588. The highest BCUT2D eigenvalue weighted by Crippen LogP contribution is 2.43. The normalized spacial score (nSPS) is 16.9. The molecule has 2 aromatic rings. The maximum Gasteiger partial charge on any atom is 0.419 e. The first kappa shape index (κ1) is 13.0. The fraction of sp³-hybridized carbons (Fsp3) is 0.385. The van der Waals surface area contributed by atoms with E-state index in [2.05, 4.69) is 15.4 Å². The zero-order valence-corrected chi connectivity index (χ0v) is 10.6. The molecule has 3 rings (SSSR count). The lowest BCUT2D eigenvalue weighted by Crippen LogP contribution is -2.27. The highest BCUT2D eigenvalue weighted by molar-refractivity contribution is 5.51. The first-order valence-corrected chi connectivity index (χ1v) is 6.26. The average Bonchev–Trinajstić information content (AvgIpc) is 2.99. The minimum Gasteiger partial charge on any atom is -0.382 e. The zero-order chi connectivity index (χ0) is 14.2. The first-order chi connectivity index (χ1) is 9.51. The smallest absolute Gasteiger partial charge is 0.382 e. The molecule has 4 nitrogen and oxygen atoms in total. The van der Waals surface area contributed by atoms with Crippen LogP contribution in [-0.2, 0) is 11.7 Å². The standard InChI is InChI=1S/C13H13F3N4/c14-13(15,16)10-8-17-6-2-11(10)18-9-12(3-4-12)20-7-1-5-19-20/h1-2,5-8H,3-4,9H2,(H,17,18). The van der Waals surface area contributed by atoms with Crippen molar-refractivity contribution in [1.82, 2.24) is 14.8 Å². The number of nitrogens with one attached hydrogen (secondary N) is 1. The van der Waals surface area contributed by atoms with Crippen molar-refractivity contribution in [2.45, 2.75) is 24.6 Å². The van der Waals surface area contributed by atoms with Crippen LogP contribution in [-0.4, -0.2) is 21.3 Å². The third-order valence-corrected chi connectivity index (χ3v) is 3.55. The molecule has 1 N–H and O–H groups in total. The number of rotatable bonds is 4. The fourth-order valence-corrected chi connectivity index (χ4v) is 2.21. The summed E-state index contributed by atoms with van der Waals surface area (Å²) in [6.45, 7) is 0.418. The summed E-state index contributed by atoms with van der Waals surface area (Å²) in [6.07, 6.45) is 3.13. The number of anilines is 1. The molecule has 0 bridgehead atoms. The van der Waals surface area contributed by atoms with Gasteiger partial charge in [0, 0.05) is 37.0 Å². The maximum absolute atomic E-state index is 12.9. The lowest BCUT2D eigenvalue weighted by molar-refractivity contribution is -0.137. The Labute approximate surface area is 113 Å². The molecular formula is C13H13F3N4. The van der Waals surface area contributed by atoms with Crippen molar-refractivity contribution in [2.24, 2.45) is 0 Å². The van der Waals surface area contributed by atoms with Gasteiger partial charge in [-0.1, -0.05) is 0 Å². The lowest BCUT2D eigenvalue weighted by atomic mass is 10.2. The number of halogens is 3. The van der Waals surface area contributed by atoms with Crippen molar-refractivity contribution in [3.8, 4) is 0 Å². The van der Waals surface area contributed by atoms with E-state index < -0.39 is 11.7 Å². The zero-order valence-electron chi connectivity index (χ0n) is 10.6. The molecule has 0 spiro atoms. The second-order valence-corrected chi connectivity index (χ2v) is 4.95. The number of hydrogen-bond donors (Lipinski definition) is 1. The third kappa shape index (κ3) is 2.35. The Morgan fingerprint density at radius 2 is 2.10 bits per heavy atom. The maximum atomic E-state index is 12.9. The largest absolute Gasteiger partial charge is 0.419 e. The summed E-state index contributed by atoms with van der Waals surface area (Å²) in [5.41, 5.74) is -0.877. The van der Waals surface area contributed by atoms with Gasteiger partial charge in [0.15, 0.2) is 0 Å². The predicted molar refractivity (Wildman–Crippen MR) is 67.2 cm³/mol. The molecule has 1 aliphatic carbocycles. The van der Waals surface area contributed by atoms with E-state index in [0.717, 1.165) is 19.0 Å². The Kier molecular flexibility index (Phi) is 2.92. The van der Waals surface area contributed by atoms with E-state index in [4.69, 9.17) is 0 Å². The van der Waals surface area contributed by atoms with Crippen LogP contribution in [0, 0.1) is 0 Å². The molecule has 0 amide bonds. The van der Waals surface area contributed by atoms with Crippen molar-refractivity contribution in [3.05, 3.63) is 42.5 Å². The Morgan fingerprint density at radius 1 is 1.30 bits per heavy atom. The molecule has 1 aliphatic rings. The monoisotopic (exact) mass is 282 g/mol. The molecule has 0 aliphatic heterocycles. The van der Waals surface area contributed by atoms with Crippen LogP contribution >= 0.6 is 0 Å². The molecular weight excluding hydrogens is 269 g/mol. The van der Waals surface area contributed by atoms with Gasteiger partial charge in [0.2, 0.25) is 0 Å². The lowest BCUT2D eigenvalue weighted by Gasteiger charge is -2.19. The molecule has 0 radical (unpaired) electrons. The van der Waals surface area contributed by atoms with Crippen LogP contribution < -0.4 is 5.32 Å². The predicted octanol–water partition coefficient (Wildman–Crippen LogP) is 2.90. The second-order valence-electron chi connectivity index (χ2n) is 4.95. The van der Waals surface area contributed by atoms with Gasteiger partial charge < -0.3 is 5.32 Å². The topological polar surface area (TPSA) is 42.7 Å². The van der Waals surface area contributed by atoms with Gasteiger partial charge in [0.1, 0.15) is 0 Å². The van der Waals surface area contributed by atoms with Crippen molar-refractivity contribution in [2.75, 3.05) is 11.9 Å². The first-order valence-electron chi connectivity index (χ1n) is 6.26. The molecule has 0 aromatic carbocycles. The molecule has 0 atom stereocenters. The molecule has 0 unspecified atom stereocenters.